The van der Waals surface area contributed by atoms with E-state index in [1.54, 1.807) is 0 Å². The zero-order valence-electron chi connectivity index (χ0n) is 12.2. The van der Waals surface area contributed by atoms with E-state index < -0.39 is 12.1 Å². The number of halogens is 3. The highest BCUT2D eigenvalue weighted by Crippen LogP contribution is 2.13. The molecule has 0 spiro atoms. The van der Waals surface area contributed by atoms with Crippen LogP contribution in [0.2, 0.25) is 0 Å². The first-order valence-corrected chi connectivity index (χ1v) is 6.70. The Hall–Kier alpha value is -1.34. The predicted molar refractivity (Wildman–Crippen MR) is 73.5 cm³/mol. The van der Waals surface area contributed by atoms with Crippen LogP contribution in [0.1, 0.15) is 0 Å². The van der Waals surface area contributed by atoms with Crippen LogP contribution in [0.15, 0.2) is 0 Å². The van der Waals surface area contributed by atoms with Gasteiger partial charge in [0, 0.05) is 32.7 Å². The smallest absolute Gasteiger partial charge is 0.475 e. The second-order valence-corrected chi connectivity index (χ2v) is 4.26. The summed E-state index contributed by atoms with van der Waals surface area (Å²) in [5.74, 6) is -0.340. The van der Waals surface area contributed by atoms with Crippen molar-refractivity contribution in [2.75, 3.05) is 59.2 Å². The molecule has 0 bridgehead atoms. The van der Waals surface area contributed by atoms with Crippen LogP contribution in [0.3, 0.4) is 0 Å². The fraction of sp³-hybridized carbons (Fsp3) is 0.769. The molecular formula is C13H21F3N2O4. The van der Waals surface area contributed by atoms with Crippen molar-refractivity contribution in [1.82, 2.24) is 10.2 Å². The number of rotatable bonds is 7. The molecule has 1 aliphatic heterocycles. The molecule has 1 fully saturated rings. The van der Waals surface area contributed by atoms with Crippen molar-refractivity contribution in [3.63, 3.8) is 0 Å². The number of alkyl halides is 3. The lowest BCUT2D eigenvalue weighted by atomic mass is 10.4. The summed E-state index contributed by atoms with van der Waals surface area (Å²) in [6.45, 7) is 7.81. The van der Waals surface area contributed by atoms with Gasteiger partial charge >= 0.3 is 12.1 Å². The molecule has 1 aliphatic rings. The molecule has 1 rings (SSSR count). The molecule has 0 unspecified atom stereocenters. The maximum Gasteiger partial charge on any atom is 0.490 e. The first-order valence-electron chi connectivity index (χ1n) is 6.70. The van der Waals surface area contributed by atoms with Crippen LogP contribution >= 0.6 is 0 Å². The number of piperazine rings is 1. The summed E-state index contributed by atoms with van der Waals surface area (Å²) >= 11 is 0. The van der Waals surface area contributed by atoms with E-state index in [2.05, 4.69) is 16.1 Å². The molecule has 0 amide bonds. The Morgan fingerprint density at radius 1 is 1.23 bits per heavy atom. The predicted octanol–water partition coefficient (Wildman–Crippen LogP) is 0.191. The number of carboxylic acids is 1. The second-order valence-electron chi connectivity index (χ2n) is 4.26. The highest BCUT2D eigenvalue weighted by molar-refractivity contribution is 5.73. The zero-order chi connectivity index (χ0) is 16.8. The molecule has 0 aromatic heterocycles. The zero-order valence-corrected chi connectivity index (χ0v) is 12.2. The summed E-state index contributed by atoms with van der Waals surface area (Å²) in [5, 5.41) is 10.4. The van der Waals surface area contributed by atoms with Crippen LogP contribution in [0.4, 0.5) is 13.2 Å². The van der Waals surface area contributed by atoms with Crippen LogP contribution in [-0.2, 0) is 14.3 Å². The van der Waals surface area contributed by atoms with Gasteiger partial charge < -0.3 is 19.9 Å². The van der Waals surface area contributed by atoms with Crippen molar-refractivity contribution in [2.24, 2.45) is 0 Å². The van der Waals surface area contributed by atoms with Crippen molar-refractivity contribution in [3.8, 4) is 12.3 Å². The molecular weight excluding hydrogens is 305 g/mol. The Bertz CT molecular complexity index is 339. The Morgan fingerprint density at radius 3 is 2.27 bits per heavy atom. The minimum Gasteiger partial charge on any atom is -0.475 e. The molecule has 1 saturated heterocycles. The average Bonchev–Trinajstić information content (AvgIpc) is 2.47. The Balaban J connectivity index is 0.000000534. The molecule has 0 radical (unpaired) electrons. The molecule has 0 aromatic carbocycles. The number of nitrogens with zero attached hydrogens (tertiary/aromatic N) is 1. The van der Waals surface area contributed by atoms with Crippen molar-refractivity contribution in [1.29, 1.82) is 0 Å². The van der Waals surface area contributed by atoms with Crippen LogP contribution < -0.4 is 5.32 Å². The SMILES string of the molecule is C#CCOCCOCCN1CCNCC1.O=C(O)C(F)(F)F. The number of terminal acetylenes is 1. The van der Waals surface area contributed by atoms with Crippen LogP contribution in [0, 0.1) is 12.3 Å². The summed E-state index contributed by atoms with van der Waals surface area (Å²) in [6, 6.07) is 0. The standard InChI is InChI=1S/C11H20N2O2.C2HF3O2/c1-2-8-14-10-11-15-9-7-13-5-3-12-4-6-13;3-2(4,5)1(6)7/h1,12H,3-11H2;(H,6,7). The van der Waals surface area contributed by atoms with Gasteiger partial charge in [-0.25, -0.2) is 4.79 Å². The molecule has 1 heterocycles. The minimum atomic E-state index is -5.08. The van der Waals surface area contributed by atoms with Gasteiger partial charge in [0.2, 0.25) is 0 Å². The summed E-state index contributed by atoms with van der Waals surface area (Å²) in [5.41, 5.74) is 0. The fourth-order valence-corrected chi connectivity index (χ4v) is 1.48. The van der Waals surface area contributed by atoms with Gasteiger partial charge in [-0.05, 0) is 0 Å². The number of nitrogens with one attached hydrogen (secondary N) is 1. The monoisotopic (exact) mass is 326 g/mol. The van der Waals surface area contributed by atoms with Gasteiger partial charge in [-0.15, -0.1) is 6.42 Å². The summed E-state index contributed by atoms with van der Waals surface area (Å²) in [7, 11) is 0. The molecule has 9 heteroatoms. The van der Waals surface area contributed by atoms with Crippen LogP contribution in [0.5, 0.6) is 0 Å². The second kappa shape index (κ2) is 12.2. The summed E-state index contributed by atoms with van der Waals surface area (Å²) in [6.07, 6.45) is -0.0448. The molecule has 2 N–H and O–H groups in total. The number of hydrogen-bond donors (Lipinski definition) is 2. The summed E-state index contributed by atoms with van der Waals surface area (Å²) < 4.78 is 42.3. The minimum absolute atomic E-state index is 0.376. The Kier molecular flexibility index (Phi) is 11.5. The third kappa shape index (κ3) is 12.4. The number of hydrogen-bond acceptors (Lipinski definition) is 5. The summed E-state index contributed by atoms with van der Waals surface area (Å²) in [4.78, 5) is 11.3. The van der Waals surface area contributed by atoms with Crippen LogP contribution in [0.25, 0.3) is 0 Å². The Morgan fingerprint density at radius 2 is 1.77 bits per heavy atom. The highest BCUT2D eigenvalue weighted by atomic mass is 19.4. The first kappa shape index (κ1) is 20.7. The lowest BCUT2D eigenvalue weighted by molar-refractivity contribution is -0.192. The molecule has 0 atom stereocenters. The maximum atomic E-state index is 10.6. The van der Waals surface area contributed by atoms with Crippen molar-refractivity contribution >= 4 is 5.97 Å². The van der Waals surface area contributed by atoms with E-state index >= 15 is 0 Å². The van der Waals surface area contributed by atoms with Gasteiger partial charge in [-0.3, -0.25) is 4.90 Å². The van der Waals surface area contributed by atoms with E-state index in [0.29, 0.717) is 19.8 Å². The Labute approximate surface area is 127 Å². The number of ether oxygens (including phenoxy) is 2. The lowest BCUT2D eigenvalue weighted by Crippen LogP contribution is -2.44. The van der Waals surface area contributed by atoms with Crippen molar-refractivity contribution < 1.29 is 32.5 Å². The third-order valence-corrected chi connectivity index (χ3v) is 2.56. The molecule has 22 heavy (non-hydrogen) atoms. The highest BCUT2D eigenvalue weighted by Gasteiger charge is 2.38. The average molecular weight is 326 g/mol. The number of aliphatic carboxylic acids is 1. The molecule has 0 aliphatic carbocycles. The normalized spacial score (nSPS) is 15.5. The van der Waals surface area contributed by atoms with Gasteiger partial charge in [0.25, 0.3) is 0 Å². The largest absolute Gasteiger partial charge is 0.490 e. The van der Waals surface area contributed by atoms with E-state index in [9.17, 15) is 13.2 Å². The molecule has 0 aromatic rings. The topological polar surface area (TPSA) is 71.0 Å². The molecule has 128 valence electrons. The maximum absolute atomic E-state index is 10.6. The first-order chi connectivity index (χ1) is 10.4. The van der Waals surface area contributed by atoms with E-state index in [4.69, 9.17) is 25.8 Å². The van der Waals surface area contributed by atoms with Gasteiger partial charge in [0.1, 0.15) is 6.61 Å². The third-order valence-electron chi connectivity index (χ3n) is 2.56. The van der Waals surface area contributed by atoms with Gasteiger partial charge in [0.15, 0.2) is 0 Å². The van der Waals surface area contributed by atoms with Gasteiger partial charge in [-0.2, -0.15) is 13.2 Å². The lowest BCUT2D eigenvalue weighted by Gasteiger charge is -2.26. The molecule has 0 saturated carbocycles. The van der Waals surface area contributed by atoms with E-state index in [-0.39, 0.29) is 0 Å². The number of carbonyl (C=O) groups is 1. The number of carboxylic acid groups (broad SMARTS) is 1. The van der Waals surface area contributed by atoms with Gasteiger partial charge in [-0.1, -0.05) is 5.92 Å². The van der Waals surface area contributed by atoms with Crippen molar-refractivity contribution in [3.05, 3.63) is 0 Å². The van der Waals surface area contributed by atoms with Gasteiger partial charge in [0.05, 0.1) is 19.8 Å². The van der Waals surface area contributed by atoms with Crippen molar-refractivity contribution in [2.45, 2.75) is 6.18 Å². The quantitative estimate of drug-likeness (QED) is 0.514. The van der Waals surface area contributed by atoms with E-state index in [1.807, 2.05) is 0 Å². The van der Waals surface area contributed by atoms with Crippen LogP contribution in [-0.4, -0.2) is 81.3 Å². The van der Waals surface area contributed by atoms with E-state index in [0.717, 1.165) is 39.3 Å². The van der Waals surface area contributed by atoms with E-state index in [1.165, 1.54) is 0 Å². The fourth-order valence-electron chi connectivity index (χ4n) is 1.48. The molecule has 6 nitrogen and oxygen atoms in total.